The van der Waals surface area contributed by atoms with Crippen molar-refractivity contribution in [3.63, 3.8) is 0 Å². The van der Waals surface area contributed by atoms with Crippen LogP contribution >= 0.6 is 11.6 Å². The van der Waals surface area contributed by atoms with Gasteiger partial charge < -0.3 is 4.90 Å². The molecule has 1 aliphatic rings. The van der Waals surface area contributed by atoms with Crippen LogP contribution in [0.4, 0.5) is 0 Å². The maximum absolute atomic E-state index is 12.2. The summed E-state index contributed by atoms with van der Waals surface area (Å²) in [7, 11) is -3.53. The summed E-state index contributed by atoms with van der Waals surface area (Å²) >= 11 is 5.98. The molecule has 0 spiro atoms. The summed E-state index contributed by atoms with van der Waals surface area (Å²) < 4.78 is 27.0. The Kier molecular flexibility index (Phi) is 4.91. The Morgan fingerprint density at radius 3 is 2.62 bits per heavy atom. The standard InChI is InChI=1S/C14H19ClN2O3S/c1-10(2)17-8-12(7-14(17)18)16-21(19,20)9-11-5-3-4-6-13(11)15/h3-6,10,12,16H,7-9H2,1-2H3. The molecule has 7 heteroatoms. The zero-order valence-corrected chi connectivity index (χ0v) is 13.6. The largest absolute Gasteiger partial charge is 0.339 e. The number of hydrogen-bond donors (Lipinski definition) is 1. The fraction of sp³-hybridized carbons (Fsp3) is 0.500. The first-order valence-electron chi connectivity index (χ1n) is 6.81. The van der Waals surface area contributed by atoms with Gasteiger partial charge in [0.15, 0.2) is 0 Å². The highest BCUT2D eigenvalue weighted by Gasteiger charge is 2.33. The Morgan fingerprint density at radius 1 is 1.38 bits per heavy atom. The summed E-state index contributed by atoms with van der Waals surface area (Å²) in [5.41, 5.74) is 0.553. The Balaban J connectivity index is 2.03. The van der Waals surface area contributed by atoms with Crippen LogP contribution in [-0.2, 0) is 20.6 Å². The van der Waals surface area contributed by atoms with Crippen molar-refractivity contribution in [2.45, 2.75) is 38.1 Å². The van der Waals surface area contributed by atoms with E-state index < -0.39 is 10.0 Å². The molecule has 1 aromatic rings. The van der Waals surface area contributed by atoms with Gasteiger partial charge in [0, 0.05) is 30.1 Å². The molecule has 0 aliphatic carbocycles. The molecule has 0 saturated carbocycles. The van der Waals surface area contributed by atoms with E-state index in [9.17, 15) is 13.2 Å². The zero-order chi connectivity index (χ0) is 15.6. The molecule has 1 unspecified atom stereocenters. The maximum Gasteiger partial charge on any atom is 0.224 e. The van der Waals surface area contributed by atoms with Gasteiger partial charge in [-0.25, -0.2) is 13.1 Å². The highest BCUT2D eigenvalue weighted by Crippen LogP contribution is 2.19. The van der Waals surface area contributed by atoms with E-state index in [4.69, 9.17) is 11.6 Å². The van der Waals surface area contributed by atoms with Crippen LogP contribution in [0.2, 0.25) is 5.02 Å². The zero-order valence-electron chi connectivity index (χ0n) is 12.0. The van der Waals surface area contributed by atoms with Crippen molar-refractivity contribution < 1.29 is 13.2 Å². The number of likely N-dealkylation sites (tertiary alicyclic amines) is 1. The van der Waals surface area contributed by atoms with Crippen molar-refractivity contribution in [1.29, 1.82) is 0 Å². The first kappa shape index (κ1) is 16.3. The molecule has 1 aliphatic heterocycles. The van der Waals surface area contributed by atoms with Crippen molar-refractivity contribution in [1.82, 2.24) is 9.62 Å². The predicted molar refractivity (Wildman–Crippen MR) is 82.5 cm³/mol. The second kappa shape index (κ2) is 6.34. The molecule has 21 heavy (non-hydrogen) atoms. The van der Waals surface area contributed by atoms with Crippen LogP contribution in [0.15, 0.2) is 24.3 Å². The van der Waals surface area contributed by atoms with Crippen LogP contribution < -0.4 is 4.72 Å². The van der Waals surface area contributed by atoms with E-state index in [1.165, 1.54) is 0 Å². The second-order valence-corrected chi connectivity index (χ2v) is 7.67. The lowest BCUT2D eigenvalue weighted by Crippen LogP contribution is -2.39. The van der Waals surface area contributed by atoms with Crippen LogP contribution in [0.1, 0.15) is 25.8 Å². The minimum atomic E-state index is -3.53. The molecule has 2 rings (SSSR count). The molecule has 5 nitrogen and oxygen atoms in total. The highest BCUT2D eigenvalue weighted by molar-refractivity contribution is 7.88. The molecule has 1 N–H and O–H groups in total. The number of sulfonamides is 1. The summed E-state index contributed by atoms with van der Waals surface area (Å²) in [4.78, 5) is 13.5. The van der Waals surface area contributed by atoms with Crippen molar-refractivity contribution in [3.8, 4) is 0 Å². The van der Waals surface area contributed by atoms with Crippen molar-refractivity contribution in [2.75, 3.05) is 6.54 Å². The van der Waals surface area contributed by atoms with E-state index in [-0.39, 0.29) is 30.2 Å². The smallest absolute Gasteiger partial charge is 0.224 e. The average molecular weight is 331 g/mol. The molecular weight excluding hydrogens is 312 g/mol. The number of amides is 1. The maximum atomic E-state index is 12.2. The summed E-state index contributed by atoms with van der Waals surface area (Å²) in [6.45, 7) is 4.25. The van der Waals surface area contributed by atoms with Gasteiger partial charge in [-0.3, -0.25) is 4.79 Å². The van der Waals surface area contributed by atoms with Gasteiger partial charge in [0.2, 0.25) is 15.9 Å². The number of rotatable bonds is 5. The van der Waals surface area contributed by atoms with Gasteiger partial charge in [0.1, 0.15) is 0 Å². The highest BCUT2D eigenvalue weighted by atomic mass is 35.5. The second-order valence-electron chi connectivity index (χ2n) is 5.51. The first-order chi connectivity index (χ1) is 9.78. The molecule has 1 heterocycles. The van der Waals surface area contributed by atoms with E-state index in [1.807, 2.05) is 13.8 Å². The monoisotopic (exact) mass is 330 g/mol. The third-order valence-corrected chi connectivity index (χ3v) is 5.18. The van der Waals surface area contributed by atoms with Gasteiger partial charge in [-0.1, -0.05) is 29.8 Å². The molecule has 0 radical (unpaired) electrons. The van der Waals surface area contributed by atoms with Crippen LogP contribution in [0.5, 0.6) is 0 Å². The number of hydrogen-bond acceptors (Lipinski definition) is 3. The Hall–Kier alpha value is -1.11. The minimum absolute atomic E-state index is 0.0181. The lowest BCUT2D eigenvalue weighted by atomic mass is 10.2. The van der Waals surface area contributed by atoms with Gasteiger partial charge in [-0.15, -0.1) is 0 Å². The number of carbonyl (C=O) groups is 1. The van der Waals surface area contributed by atoms with Gasteiger partial charge in [-0.2, -0.15) is 0 Å². The number of nitrogens with zero attached hydrogens (tertiary/aromatic N) is 1. The topological polar surface area (TPSA) is 66.5 Å². The summed E-state index contributed by atoms with van der Waals surface area (Å²) in [6.07, 6.45) is 0.208. The molecule has 1 atom stereocenters. The average Bonchev–Trinajstić information content (AvgIpc) is 2.72. The van der Waals surface area contributed by atoms with Gasteiger partial charge in [0.25, 0.3) is 0 Å². The number of nitrogens with one attached hydrogen (secondary N) is 1. The lowest BCUT2D eigenvalue weighted by molar-refractivity contribution is -0.129. The SMILES string of the molecule is CC(C)N1CC(NS(=O)(=O)Cc2ccccc2Cl)CC1=O. The third kappa shape index (κ3) is 4.18. The van der Waals surface area contributed by atoms with Crippen molar-refractivity contribution in [3.05, 3.63) is 34.9 Å². The summed E-state index contributed by atoms with van der Waals surface area (Å²) in [5, 5.41) is 0.425. The van der Waals surface area contributed by atoms with Crippen LogP contribution in [0.3, 0.4) is 0 Å². The van der Waals surface area contributed by atoms with Gasteiger partial charge in [-0.05, 0) is 25.5 Å². The molecule has 1 saturated heterocycles. The molecular formula is C14H19ClN2O3S. The Bertz CT molecular complexity index is 631. The third-order valence-electron chi connectivity index (χ3n) is 3.43. The fourth-order valence-corrected chi connectivity index (χ4v) is 4.12. The molecule has 1 amide bonds. The van der Waals surface area contributed by atoms with E-state index in [0.717, 1.165) is 0 Å². The molecule has 0 aromatic heterocycles. The minimum Gasteiger partial charge on any atom is -0.339 e. The van der Waals surface area contributed by atoms with E-state index in [0.29, 0.717) is 17.1 Å². The van der Waals surface area contributed by atoms with Crippen LogP contribution in [0, 0.1) is 0 Å². The normalized spacial score (nSPS) is 19.5. The van der Waals surface area contributed by atoms with E-state index in [1.54, 1.807) is 29.2 Å². The van der Waals surface area contributed by atoms with Crippen LogP contribution in [0.25, 0.3) is 0 Å². The number of halogens is 1. The van der Waals surface area contributed by atoms with E-state index in [2.05, 4.69) is 4.72 Å². The Morgan fingerprint density at radius 2 is 2.05 bits per heavy atom. The van der Waals surface area contributed by atoms with Crippen molar-refractivity contribution >= 4 is 27.5 Å². The molecule has 0 bridgehead atoms. The van der Waals surface area contributed by atoms with Crippen molar-refractivity contribution in [2.24, 2.45) is 0 Å². The lowest BCUT2D eigenvalue weighted by Gasteiger charge is -2.21. The summed E-state index contributed by atoms with van der Waals surface area (Å²) in [6, 6.07) is 6.55. The fourth-order valence-electron chi connectivity index (χ4n) is 2.43. The van der Waals surface area contributed by atoms with Gasteiger partial charge in [0.05, 0.1) is 5.75 Å². The first-order valence-corrected chi connectivity index (χ1v) is 8.84. The van der Waals surface area contributed by atoms with Gasteiger partial charge >= 0.3 is 0 Å². The Labute approximate surface area is 130 Å². The number of benzene rings is 1. The quantitative estimate of drug-likeness (QED) is 0.894. The summed E-state index contributed by atoms with van der Waals surface area (Å²) in [5.74, 6) is -0.200. The molecule has 116 valence electrons. The molecule has 1 aromatic carbocycles. The van der Waals surface area contributed by atoms with Crippen LogP contribution in [-0.4, -0.2) is 37.9 Å². The number of carbonyl (C=O) groups excluding carboxylic acids is 1. The van der Waals surface area contributed by atoms with E-state index >= 15 is 0 Å². The molecule has 1 fully saturated rings. The predicted octanol–water partition coefficient (Wildman–Crippen LogP) is 1.77.